The minimum absolute atomic E-state index is 0.109. The van der Waals surface area contributed by atoms with Crippen LogP contribution in [0.15, 0.2) is 54.6 Å². The number of nitrogens with one attached hydrogen (secondary N) is 1. The Kier molecular flexibility index (Phi) is 4.81. The second kappa shape index (κ2) is 7.52. The number of nitrogens with zero attached hydrogens (tertiary/aromatic N) is 1. The van der Waals surface area contributed by atoms with Crippen LogP contribution in [0.2, 0.25) is 0 Å². The third-order valence-electron chi connectivity index (χ3n) is 7.17. The maximum atomic E-state index is 11.9. The van der Waals surface area contributed by atoms with Gasteiger partial charge in [0.2, 0.25) is 5.91 Å². The Labute approximate surface area is 183 Å². The number of fused-ring (bicyclic) bond motifs is 2. The van der Waals surface area contributed by atoms with Crippen molar-refractivity contribution in [2.45, 2.75) is 51.0 Å². The first kappa shape index (κ1) is 19.8. The third-order valence-corrected chi connectivity index (χ3v) is 7.17. The van der Waals surface area contributed by atoms with Crippen LogP contribution in [0.4, 0.5) is 0 Å². The molecule has 1 fully saturated rings. The predicted molar refractivity (Wildman–Crippen MR) is 126 cm³/mol. The Balaban J connectivity index is 1.39. The lowest BCUT2D eigenvalue weighted by molar-refractivity contribution is -0.130. The van der Waals surface area contributed by atoms with Gasteiger partial charge in [-0.1, -0.05) is 55.5 Å². The van der Waals surface area contributed by atoms with E-state index in [2.05, 4.69) is 49.4 Å². The Morgan fingerprint density at radius 3 is 2.42 bits per heavy atom. The number of hydrogen-bond acceptors (Lipinski definition) is 2. The number of benzene rings is 3. The number of rotatable bonds is 4. The molecule has 1 saturated carbocycles. The first-order chi connectivity index (χ1) is 14.9. The average Bonchev–Trinajstić information content (AvgIpc) is 3.58. The molecule has 1 aliphatic heterocycles. The summed E-state index contributed by atoms with van der Waals surface area (Å²) >= 11 is 0. The number of hydrogen-bond donors (Lipinski definition) is 2. The Morgan fingerprint density at radius 1 is 1.03 bits per heavy atom. The largest absolute Gasteiger partial charge is 0.384 e. The quantitative estimate of drug-likeness (QED) is 0.455. The van der Waals surface area contributed by atoms with E-state index in [0.29, 0.717) is 17.8 Å². The second-order valence-corrected chi connectivity index (χ2v) is 9.15. The molecule has 3 unspecified atom stereocenters. The molecular formula is C27H29N3O. The molecule has 0 saturated heterocycles. The minimum Gasteiger partial charge on any atom is -0.384 e. The van der Waals surface area contributed by atoms with E-state index in [1.165, 1.54) is 34.1 Å². The highest BCUT2D eigenvalue weighted by atomic mass is 16.2. The van der Waals surface area contributed by atoms with Crippen molar-refractivity contribution in [3.8, 4) is 0 Å². The summed E-state index contributed by atoms with van der Waals surface area (Å²) in [7, 11) is 0. The van der Waals surface area contributed by atoms with E-state index in [4.69, 9.17) is 11.1 Å². The Morgan fingerprint density at radius 2 is 1.71 bits per heavy atom. The monoisotopic (exact) mass is 411 g/mol. The summed E-state index contributed by atoms with van der Waals surface area (Å²) in [6.07, 6.45) is 2.24. The number of amidine groups is 1. The van der Waals surface area contributed by atoms with Crippen LogP contribution in [0, 0.1) is 5.41 Å². The van der Waals surface area contributed by atoms with Crippen molar-refractivity contribution >= 4 is 22.5 Å². The van der Waals surface area contributed by atoms with Crippen LogP contribution in [0.25, 0.3) is 10.8 Å². The maximum Gasteiger partial charge on any atom is 0.219 e. The third kappa shape index (κ3) is 3.60. The highest BCUT2D eigenvalue weighted by Gasteiger charge is 2.40. The standard InChI is InChI=1S/C27H29N3O/c1-3-17-14-30(16(2)31)15-23-9-7-21(12-24(17)23)26-13-25(26)20-6-4-19-11-22(27(28)29)8-5-18(19)10-20/h4-12,17,25-26H,3,13-15H2,1-2H3,(H3,28,29). The van der Waals surface area contributed by atoms with Gasteiger partial charge in [0.1, 0.15) is 5.84 Å². The highest BCUT2D eigenvalue weighted by Crippen LogP contribution is 2.55. The van der Waals surface area contributed by atoms with Crippen LogP contribution in [-0.4, -0.2) is 23.2 Å². The molecule has 3 atom stereocenters. The molecule has 3 N–H and O–H groups in total. The van der Waals surface area contributed by atoms with Crippen molar-refractivity contribution in [2.24, 2.45) is 5.73 Å². The van der Waals surface area contributed by atoms with Gasteiger partial charge in [0.25, 0.3) is 0 Å². The van der Waals surface area contributed by atoms with E-state index in [1.54, 1.807) is 6.92 Å². The molecule has 31 heavy (non-hydrogen) atoms. The SMILES string of the molecule is CCC1CN(C(C)=O)Cc2ccc(C3CC3c3ccc4cc(C(=N)N)ccc4c3)cc21. The Hall–Kier alpha value is -3.14. The van der Waals surface area contributed by atoms with Crippen LogP contribution in [-0.2, 0) is 11.3 Å². The minimum atomic E-state index is 0.109. The summed E-state index contributed by atoms with van der Waals surface area (Å²) in [5.41, 5.74) is 12.0. The van der Waals surface area contributed by atoms with Gasteiger partial charge in [-0.15, -0.1) is 0 Å². The van der Waals surface area contributed by atoms with Crippen molar-refractivity contribution in [3.63, 3.8) is 0 Å². The fourth-order valence-electron chi connectivity index (χ4n) is 5.19. The predicted octanol–water partition coefficient (Wildman–Crippen LogP) is 5.25. The topological polar surface area (TPSA) is 70.2 Å². The molecule has 2 aliphatic rings. The molecule has 0 spiro atoms. The van der Waals surface area contributed by atoms with Gasteiger partial charge >= 0.3 is 0 Å². The van der Waals surface area contributed by atoms with E-state index < -0.39 is 0 Å². The zero-order valence-electron chi connectivity index (χ0n) is 18.2. The molecule has 158 valence electrons. The smallest absolute Gasteiger partial charge is 0.219 e. The molecule has 0 bridgehead atoms. The van der Waals surface area contributed by atoms with Gasteiger partial charge in [0.05, 0.1) is 0 Å². The van der Waals surface area contributed by atoms with E-state index in [9.17, 15) is 4.79 Å². The van der Waals surface area contributed by atoms with Crippen LogP contribution in [0.5, 0.6) is 0 Å². The van der Waals surface area contributed by atoms with Crippen LogP contribution in [0.1, 0.15) is 72.3 Å². The zero-order chi connectivity index (χ0) is 21.7. The molecule has 1 amide bonds. The van der Waals surface area contributed by atoms with Gasteiger partial charge in [-0.05, 0) is 63.8 Å². The highest BCUT2D eigenvalue weighted by molar-refractivity contribution is 5.99. The fourth-order valence-corrected chi connectivity index (χ4v) is 5.19. The molecule has 3 aromatic rings. The number of nitrogen functional groups attached to an aromatic ring is 1. The van der Waals surface area contributed by atoms with E-state index >= 15 is 0 Å². The molecule has 4 nitrogen and oxygen atoms in total. The molecular weight excluding hydrogens is 382 g/mol. The van der Waals surface area contributed by atoms with E-state index in [-0.39, 0.29) is 11.7 Å². The van der Waals surface area contributed by atoms with Crippen molar-refractivity contribution in [1.82, 2.24) is 4.90 Å². The zero-order valence-corrected chi connectivity index (χ0v) is 18.2. The summed E-state index contributed by atoms with van der Waals surface area (Å²) in [6.45, 7) is 5.47. The molecule has 0 aromatic heterocycles. The fraction of sp³-hybridized carbons (Fsp3) is 0.333. The average molecular weight is 412 g/mol. The first-order valence-electron chi connectivity index (χ1n) is 11.2. The lowest BCUT2D eigenvalue weighted by atomic mass is 9.86. The van der Waals surface area contributed by atoms with Crippen molar-refractivity contribution in [3.05, 3.63) is 82.4 Å². The summed E-state index contributed by atoms with van der Waals surface area (Å²) in [6, 6.07) is 19.6. The van der Waals surface area contributed by atoms with Crippen molar-refractivity contribution < 1.29 is 4.79 Å². The van der Waals surface area contributed by atoms with Crippen molar-refractivity contribution in [2.75, 3.05) is 6.54 Å². The summed E-state index contributed by atoms with van der Waals surface area (Å²) in [5, 5.41) is 9.97. The van der Waals surface area contributed by atoms with Crippen molar-refractivity contribution in [1.29, 1.82) is 5.41 Å². The molecule has 1 aliphatic carbocycles. The summed E-state index contributed by atoms with van der Waals surface area (Å²) in [5.74, 6) is 1.84. The number of carbonyl (C=O) groups excluding carboxylic acids is 1. The Bertz CT molecular complexity index is 1200. The number of amides is 1. The van der Waals surface area contributed by atoms with Crippen LogP contribution < -0.4 is 5.73 Å². The number of nitrogens with two attached hydrogens (primary N) is 1. The van der Waals surface area contributed by atoms with Crippen LogP contribution >= 0.6 is 0 Å². The van der Waals surface area contributed by atoms with Gasteiger partial charge in [0, 0.05) is 31.5 Å². The normalized spacial score (nSPS) is 22.3. The number of carbonyl (C=O) groups is 1. The second-order valence-electron chi connectivity index (χ2n) is 9.15. The van der Waals surface area contributed by atoms with Gasteiger partial charge in [-0.25, -0.2) is 0 Å². The molecule has 5 rings (SSSR count). The van der Waals surface area contributed by atoms with E-state index in [1.807, 2.05) is 17.0 Å². The molecule has 3 aromatic carbocycles. The molecule has 1 heterocycles. The van der Waals surface area contributed by atoms with E-state index in [0.717, 1.165) is 30.5 Å². The summed E-state index contributed by atoms with van der Waals surface area (Å²) < 4.78 is 0. The lowest BCUT2D eigenvalue weighted by Gasteiger charge is -2.34. The maximum absolute atomic E-state index is 11.9. The van der Waals surface area contributed by atoms with Gasteiger partial charge in [-0.2, -0.15) is 0 Å². The molecule has 4 heteroatoms. The summed E-state index contributed by atoms with van der Waals surface area (Å²) in [4.78, 5) is 13.9. The first-order valence-corrected chi connectivity index (χ1v) is 11.2. The van der Waals surface area contributed by atoms with Gasteiger partial charge < -0.3 is 10.6 Å². The van der Waals surface area contributed by atoms with Crippen LogP contribution in [0.3, 0.4) is 0 Å². The lowest BCUT2D eigenvalue weighted by Crippen LogP contribution is -2.36. The molecule has 0 radical (unpaired) electrons. The van der Waals surface area contributed by atoms with Gasteiger partial charge in [-0.3, -0.25) is 10.2 Å². The van der Waals surface area contributed by atoms with Gasteiger partial charge in [0.15, 0.2) is 0 Å².